The number of thiophene rings is 1. The van der Waals surface area contributed by atoms with Crippen molar-refractivity contribution in [2.45, 2.75) is 39.8 Å². The summed E-state index contributed by atoms with van der Waals surface area (Å²) in [5.41, 5.74) is 6.68. The molecule has 0 fully saturated rings. The van der Waals surface area contributed by atoms with Gasteiger partial charge in [-0.25, -0.2) is 0 Å². The minimum Gasteiger partial charge on any atom is -0.348 e. The van der Waals surface area contributed by atoms with Gasteiger partial charge in [-0.2, -0.15) is 0 Å². The van der Waals surface area contributed by atoms with Gasteiger partial charge in [0.2, 0.25) is 5.91 Å². The molecule has 1 heterocycles. The fraction of sp³-hybridized carbons (Fsp3) is 0.545. The normalized spacial score (nSPS) is 13.8. The van der Waals surface area contributed by atoms with Crippen LogP contribution < -0.4 is 11.1 Å². The standard InChI is InChI=1S/C11H18N2OS.ClH/c1-6-5-10(9(4)15-6)8(3)13-11(14)7(2)12;/h5,7-8H,12H2,1-4H3,(H,13,14);1H/t7-,8?;/m1./s1. The van der Waals surface area contributed by atoms with Gasteiger partial charge in [-0.05, 0) is 39.3 Å². The number of halogens is 1. The van der Waals surface area contributed by atoms with E-state index in [0.29, 0.717) is 0 Å². The summed E-state index contributed by atoms with van der Waals surface area (Å²) in [6, 6.07) is 1.70. The van der Waals surface area contributed by atoms with E-state index < -0.39 is 6.04 Å². The minimum absolute atomic E-state index is 0. The third-order valence-electron chi connectivity index (χ3n) is 2.32. The molecule has 0 spiro atoms. The molecule has 1 rings (SSSR count). The largest absolute Gasteiger partial charge is 0.348 e. The van der Waals surface area contributed by atoms with Gasteiger partial charge in [0, 0.05) is 9.75 Å². The van der Waals surface area contributed by atoms with Gasteiger partial charge in [-0.1, -0.05) is 0 Å². The molecule has 2 atom stereocenters. The van der Waals surface area contributed by atoms with Gasteiger partial charge in [0.15, 0.2) is 0 Å². The van der Waals surface area contributed by atoms with E-state index in [1.807, 2.05) is 6.92 Å². The van der Waals surface area contributed by atoms with Crippen LogP contribution >= 0.6 is 23.7 Å². The molecule has 1 unspecified atom stereocenters. The fourth-order valence-electron chi connectivity index (χ4n) is 1.50. The van der Waals surface area contributed by atoms with Crippen LogP contribution in [-0.4, -0.2) is 11.9 Å². The van der Waals surface area contributed by atoms with Crippen molar-refractivity contribution < 1.29 is 4.79 Å². The third kappa shape index (κ3) is 3.77. The van der Waals surface area contributed by atoms with Crippen molar-refractivity contribution >= 4 is 29.7 Å². The molecule has 0 aliphatic carbocycles. The molecule has 1 amide bonds. The number of rotatable bonds is 3. The highest BCUT2D eigenvalue weighted by Crippen LogP contribution is 2.25. The Hall–Kier alpha value is -0.580. The van der Waals surface area contributed by atoms with Gasteiger partial charge in [0.1, 0.15) is 0 Å². The van der Waals surface area contributed by atoms with Crippen molar-refractivity contribution in [2.75, 3.05) is 0 Å². The maximum Gasteiger partial charge on any atom is 0.237 e. The number of nitrogens with one attached hydrogen (secondary N) is 1. The minimum atomic E-state index is -0.451. The Kier molecular flexibility index (Phi) is 6.00. The van der Waals surface area contributed by atoms with Crippen LogP contribution in [0.25, 0.3) is 0 Å². The molecule has 3 N–H and O–H groups in total. The highest BCUT2D eigenvalue weighted by Gasteiger charge is 2.15. The lowest BCUT2D eigenvalue weighted by Crippen LogP contribution is -2.39. The lowest BCUT2D eigenvalue weighted by molar-refractivity contribution is -0.122. The number of hydrogen-bond acceptors (Lipinski definition) is 3. The summed E-state index contributed by atoms with van der Waals surface area (Å²) >= 11 is 1.75. The van der Waals surface area contributed by atoms with Crippen LogP contribution in [0.5, 0.6) is 0 Å². The third-order valence-corrected chi connectivity index (χ3v) is 3.30. The van der Waals surface area contributed by atoms with E-state index in [9.17, 15) is 4.79 Å². The van der Waals surface area contributed by atoms with Crippen molar-refractivity contribution in [1.29, 1.82) is 0 Å². The van der Waals surface area contributed by atoms with Crippen molar-refractivity contribution in [1.82, 2.24) is 5.32 Å². The molecule has 0 aromatic carbocycles. The molecule has 0 aliphatic heterocycles. The van der Waals surface area contributed by atoms with Gasteiger partial charge < -0.3 is 11.1 Å². The van der Waals surface area contributed by atoms with Gasteiger partial charge in [-0.3, -0.25) is 4.79 Å². The number of nitrogens with two attached hydrogens (primary N) is 1. The van der Waals surface area contributed by atoms with E-state index in [2.05, 4.69) is 25.2 Å². The van der Waals surface area contributed by atoms with E-state index in [0.717, 1.165) is 0 Å². The van der Waals surface area contributed by atoms with Crippen LogP contribution in [-0.2, 0) is 4.79 Å². The second-order valence-corrected chi connectivity index (χ2v) is 5.35. The summed E-state index contributed by atoms with van der Waals surface area (Å²) in [7, 11) is 0. The Morgan fingerprint density at radius 2 is 2.00 bits per heavy atom. The Morgan fingerprint density at radius 3 is 2.38 bits per heavy atom. The van der Waals surface area contributed by atoms with Gasteiger partial charge in [0.25, 0.3) is 0 Å². The Morgan fingerprint density at radius 1 is 1.44 bits per heavy atom. The first-order chi connectivity index (χ1) is 6.91. The Bertz CT molecular complexity index is 363. The van der Waals surface area contributed by atoms with Crippen molar-refractivity contribution in [3.05, 3.63) is 21.4 Å². The average Bonchev–Trinajstić information content (AvgIpc) is 2.44. The quantitative estimate of drug-likeness (QED) is 0.878. The van der Waals surface area contributed by atoms with E-state index in [1.165, 1.54) is 15.3 Å². The van der Waals surface area contributed by atoms with Crippen LogP contribution in [0.2, 0.25) is 0 Å². The van der Waals surface area contributed by atoms with E-state index >= 15 is 0 Å². The molecule has 1 aromatic rings. The van der Waals surface area contributed by atoms with E-state index in [-0.39, 0.29) is 24.4 Å². The summed E-state index contributed by atoms with van der Waals surface area (Å²) in [4.78, 5) is 13.9. The van der Waals surface area contributed by atoms with Crippen LogP contribution in [0.3, 0.4) is 0 Å². The molecule has 3 nitrogen and oxygen atoms in total. The fourth-order valence-corrected chi connectivity index (χ4v) is 2.53. The second kappa shape index (κ2) is 6.23. The average molecular weight is 263 g/mol. The van der Waals surface area contributed by atoms with Gasteiger partial charge in [0.05, 0.1) is 12.1 Å². The topological polar surface area (TPSA) is 55.1 Å². The summed E-state index contributed by atoms with van der Waals surface area (Å²) in [5, 5.41) is 2.89. The SMILES string of the molecule is Cc1cc(C(C)NC(=O)[C@@H](C)N)c(C)s1.Cl. The predicted octanol–water partition coefficient (Wildman–Crippen LogP) is 2.31. The number of carbonyl (C=O) groups excluding carboxylic acids is 1. The second-order valence-electron chi connectivity index (χ2n) is 3.89. The Balaban J connectivity index is 0.00000225. The monoisotopic (exact) mass is 262 g/mol. The highest BCUT2D eigenvalue weighted by molar-refractivity contribution is 7.12. The predicted molar refractivity (Wildman–Crippen MR) is 71.2 cm³/mol. The van der Waals surface area contributed by atoms with Gasteiger partial charge in [-0.15, -0.1) is 23.7 Å². The molecule has 5 heteroatoms. The van der Waals surface area contributed by atoms with Crippen molar-refractivity contribution in [3.8, 4) is 0 Å². The first kappa shape index (κ1) is 15.4. The molecule has 1 aromatic heterocycles. The van der Waals surface area contributed by atoms with Crippen LogP contribution in [0.15, 0.2) is 6.07 Å². The molecule has 0 radical (unpaired) electrons. The van der Waals surface area contributed by atoms with Gasteiger partial charge >= 0.3 is 0 Å². The number of aryl methyl sites for hydroxylation is 2. The number of hydrogen-bond donors (Lipinski definition) is 2. The first-order valence-electron chi connectivity index (χ1n) is 5.04. The molecule has 0 saturated carbocycles. The molecular formula is C11H19ClN2OS. The smallest absolute Gasteiger partial charge is 0.237 e. The molecule has 92 valence electrons. The highest BCUT2D eigenvalue weighted by atomic mass is 35.5. The van der Waals surface area contributed by atoms with Crippen LogP contribution in [0, 0.1) is 13.8 Å². The zero-order valence-corrected chi connectivity index (χ0v) is 11.7. The van der Waals surface area contributed by atoms with Crippen LogP contribution in [0.4, 0.5) is 0 Å². The van der Waals surface area contributed by atoms with Crippen LogP contribution in [0.1, 0.15) is 35.2 Å². The lowest BCUT2D eigenvalue weighted by atomic mass is 10.1. The maximum atomic E-state index is 11.4. The van der Waals surface area contributed by atoms with Crippen molar-refractivity contribution in [3.63, 3.8) is 0 Å². The number of amides is 1. The zero-order chi connectivity index (χ0) is 11.6. The number of carbonyl (C=O) groups is 1. The first-order valence-corrected chi connectivity index (χ1v) is 5.86. The maximum absolute atomic E-state index is 11.4. The molecular weight excluding hydrogens is 244 g/mol. The van der Waals surface area contributed by atoms with Crippen molar-refractivity contribution in [2.24, 2.45) is 5.73 Å². The Labute approximate surface area is 107 Å². The summed E-state index contributed by atoms with van der Waals surface area (Å²) in [6.45, 7) is 7.81. The zero-order valence-electron chi connectivity index (χ0n) is 10.0. The summed E-state index contributed by atoms with van der Waals surface area (Å²) < 4.78 is 0. The summed E-state index contributed by atoms with van der Waals surface area (Å²) in [5.74, 6) is -0.106. The van der Waals surface area contributed by atoms with E-state index in [1.54, 1.807) is 18.3 Å². The summed E-state index contributed by atoms with van der Waals surface area (Å²) in [6.07, 6.45) is 0. The molecule has 0 saturated heterocycles. The lowest BCUT2D eigenvalue weighted by Gasteiger charge is -2.15. The molecule has 16 heavy (non-hydrogen) atoms. The molecule has 0 aliphatic rings. The van der Waals surface area contributed by atoms with E-state index in [4.69, 9.17) is 5.73 Å². The molecule has 0 bridgehead atoms.